The monoisotopic (exact) mass is 628 g/mol. The van der Waals surface area contributed by atoms with Gasteiger partial charge < -0.3 is 13.6 Å². The zero-order valence-electron chi connectivity index (χ0n) is 28.3. The number of hydrogen-bond donors (Lipinski definition) is 0. The Morgan fingerprint density at radius 1 is 0.391 bits per heavy atom. The Kier molecular flexibility index (Phi) is 9.25. The lowest BCUT2D eigenvalue weighted by atomic mass is 9.94. The van der Waals surface area contributed by atoms with Crippen molar-refractivity contribution in [3.8, 4) is 17.2 Å². The lowest BCUT2D eigenvalue weighted by Crippen LogP contribution is -2.06. The topological polar surface area (TPSA) is 27.7 Å². The van der Waals surface area contributed by atoms with E-state index in [2.05, 4.69) is 146 Å². The molecule has 0 heterocycles. The molecule has 0 fully saturated rings. The van der Waals surface area contributed by atoms with Crippen molar-refractivity contribution in [2.45, 2.75) is 79.1 Å². The summed E-state index contributed by atoms with van der Waals surface area (Å²) in [5, 5.41) is 6.99. The van der Waals surface area contributed by atoms with Crippen LogP contribution in [0.4, 0.5) is 0 Å². The van der Waals surface area contributed by atoms with E-state index in [0.717, 1.165) is 44.2 Å². The van der Waals surface area contributed by atoms with Crippen LogP contribution in [0.25, 0.3) is 32.3 Å². The molecule has 6 aromatic rings. The van der Waals surface area contributed by atoms with Gasteiger partial charge in [-0.2, -0.15) is 0 Å². The van der Waals surface area contributed by atoms with Crippen LogP contribution < -0.4 is 13.6 Å². The molecule has 6 aromatic carbocycles. The molecule has 0 saturated carbocycles. The maximum absolute atomic E-state index is 6.83. The number of benzene rings is 6. The van der Waals surface area contributed by atoms with Crippen LogP contribution in [-0.4, -0.2) is 0 Å². The molecule has 0 aliphatic rings. The summed E-state index contributed by atoms with van der Waals surface area (Å²) in [4.78, 5) is 0. The predicted octanol–water partition coefficient (Wildman–Crippen LogP) is 13.4. The smallest absolute Gasteiger partial charge is 0.408 e. The van der Waals surface area contributed by atoms with E-state index in [-0.39, 0.29) is 11.8 Å². The molecule has 0 radical (unpaired) electrons. The molecule has 0 aliphatic carbocycles. The highest BCUT2D eigenvalue weighted by Crippen LogP contribution is 2.48. The van der Waals surface area contributed by atoms with Gasteiger partial charge in [0, 0.05) is 0 Å². The van der Waals surface area contributed by atoms with Crippen molar-refractivity contribution < 1.29 is 13.6 Å². The summed E-state index contributed by atoms with van der Waals surface area (Å²) in [5.74, 6) is 3.73. The highest BCUT2D eigenvalue weighted by atomic mass is 31.2. The van der Waals surface area contributed by atoms with E-state index < -0.39 is 8.60 Å². The molecule has 0 amide bonds. The van der Waals surface area contributed by atoms with Crippen molar-refractivity contribution in [2.24, 2.45) is 0 Å². The maximum atomic E-state index is 6.83. The lowest BCUT2D eigenvalue weighted by molar-refractivity contribution is 0.384. The molecule has 3 nitrogen and oxygen atoms in total. The third kappa shape index (κ3) is 6.86. The summed E-state index contributed by atoms with van der Waals surface area (Å²) in [6, 6.07) is 36.7. The van der Waals surface area contributed by atoms with Gasteiger partial charge in [-0.1, -0.05) is 122 Å². The van der Waals surface area contributed by atoms with E-state index in [1.807, 2.05) is 12.1 Å². The van der Waals surface area contributed by atoms with Gasteiger partial charge in [-0.25, -0.2) is 0 Å². The van der Waals surface area contributed by atoms with Gasteiger partial charge in [-0.3, -0.25) is 0 Å². The fraction of sp³-hybridized carbons (Fsp3) is 0.286. The quantitative estimate of drug-likeness (QED) is 0.141. The van der Waals surface area contributed by atoms with Crippen molar-refractivity contribution in [2.75, 3.05) is 0 Å². The van der Waals surface area contributed by atoms with E-state index in [1.165, 1.54) is 21.9 Å². The number of hydrogen-bond acceptors (Lipinski definition) is 3. The molecule has 0 N–H and O–H groups in total. The van der Waals surface area contributed by atoms with E-state index in [4.69, 9.17) is 13.6 Å². The standard InChI is InChI=1S/C42H45O3P/c1-26(2)31-13-15-34-24-41(39(28(5)6)22-36(34)19-31)44-46(43-38-18-17-30-11-9-10-12-33(30)21-38)45-42-25-35-16-14-32(27(3)4)20-37(35)23-40(42)29(7)8/h9-29H,1-8H3. The summed E-state index contributed by atoms with van der Waals surface area (Å²) < 4.78 is 20.3. The molecule has 0 bridgehead atoms. The van der Waals surface area contributed by atoms with Crippen LogP contribution in [0.3, 0.4) is 0 Å². The Hall–Kier alpha value is -4.07. The van der Waals surface area contributed by atoms with E-state index >= 15 is 0 Å². The Bertz CT molecular complexity index is 1900. The second-order valence-corrected chi connectivity index (χ2v) is 14.6. The Morgan fingerprint density at radius 3 is 1.33 bits per heavy atom. The first-order chi connectivity index (χ1) is 22.0. The molecule has 0 aromatic heterocycles. The van der Waals surface area contributed by atoms with Gasteiger partial charge in [0.05, 0.1) is 0 Å². The van der Waals surface area contributed by atoms with Crippen LogP contribution in [0, 0.1) is 0 Å². The summed E-state index contributed by atoms with van der Waals surface area (Å²) in [6.07, 6.45) is 0. The van der Waals surface area contributed by atoms with Crippen LogP contribution >= 0.6 is 8.60 Å². The van der Waals surface area contributed by atoms with E-state index in [1.54, 1.807) is 0 Å². The van der Waals surface area contributed by atoms with Gasteiger partial charge in [0.25, 0.3) is 0 Å². The van der Waals surface area contributed by atoms with Gasteiger partial charge in [0.1, 0.15) is 17.2 Å². The summed E-state index contributed by atoms with van der Waals surface area (Å²) >= 11 is 0. The first-order valence-corrected chi connectivity index (χ1v) is 17.6. The SMILES string of the molecule is CC(C)c1ccc2cc(OP(Oc3ccc4ccccc4c3)Oc3cc4ccc(C(C)C)cc4cc3C(C)C)c(C(C)C)cc2c1. The lowest BCUT2D eigenvalue weighted by Gasteiger charge is -2.23. The molecule has 46 heavy (non-hydrogen) atoms. The van der Waals surface area contributed by atoms with Gasteiger partial charge >= 0.3 is 8.60 Å². The first-order valence-electron chi connectivity index (χ1n) is 16.5. The summed E-state index contributed by atoms with van der Waals surface area (Å²) in [6.45, 7) is 17.8. The van der Waals surface area contributed by atoms with Gasteiger partial charge in [-0.05, 0) is 115 Å². The van der Waals surface area contributed by atoms with E-state index in [9.17, 15) is 0 Å². The largest absolute Gasteiger partial charge is 0.530 e. The first kappa shape index (κ1) is 31.9. The number of fused-ring (bicyclic) bond motifs is 3. The van der Waals surface area contributed by atoms with Crippen molar-refractivity contribution in [1.82, 2.24) is 0 Å². The van der Waals surface area contributed by atoms with Crippen molar-refractivity contribution in [3.63, 3.8) is 0 Å². The average molecular weight is 629 g/mol. The van der Waals surface area contributed by atoms with Crippen LogP contribution in [0.2, 0.25) is 0 Å². The highest BCUT2D eigenvalue weighted by Gasteiger charge is 2.25. The fourth-order valence-electron chi connectivity index (χ4n) is 5.93. The van der Waals surface area contributed by atoms with Crippen LogP contribution in [-0.2, 0) is 0 Å². The van der Waals surface area contributed by atoms with Crippen LogP contribution in [0.5, 0.6) is 17.2 Å². The zero-order valence-corrected chi connectivity index (χ0v) is 29.2. The average Bonchev–Trinajstić information content (AvgIpc) is 3.03. The third-order valence-electron chi connectivity index (χ3n) is 8.81. The number of rotatable bonds is 10. The molecule has 236 valence electrons. The van der Waals surface area contributed by atoms with Gasteiger partial charge in [0.2, 0.25) is 0 Å². The molecular formula is C42H45O3P. The molecule has 6 rings (SSSR count). The highest BCUT2D eigenvalue weighted by molar-refractivity contribution is 7.43. The van der Waals surface area contributed by atoms with Crippen molar-refractivity contribution in [3.05, 3.63) is 125 Å². The fourth-order valence-corrected chi connectivity index (χ4v) is 6.97. The normalized spacial score (nSPS) is 12.0. The Balaban J connectivity index is 1.43. The Labute approximate surface area is 275 Å². The third-order valence-corrected chi connectivity index (χ3v) is 9.86. The maximum Gasteiger partial charge on any atom is 0.530 e. The van der Waals surface area contributed by atoms with Gasteiger partial charge in [-0.15, -0.1) is 0 Å². The Morgan fingerprint density at radius 2 is 0.848 bits per heavy atom. The molecule has 0 aliphatic heterocycles. The van der Waals surface area contributed by atoms with Gasteiger partial charge in [0.15, 0.2) is 0 Å². The minimum absolute atomic E-state index is 0.252. The molecular weight excluding hydrogens is 583 g/mol. The van der Waals surface area contributed by atoms with E-state index in [0.29, 0.717) is 17.6 Å². The minimum atomic E-state index is -1.87. The molecule has 0 atom stereocenters. The van der Waals surface area contributed by atoms with Crippen molar-refractivity contribution >= 4 is 40.9 Å². The van der Waals surface area contributed by atoms with Crippen molar-refractivity contribution in [1.29, 1.82) is 0 Å². The molecule has 4 heteroatoms. The summed E-state index contributed by atoms with van der Waals surface area (Å²) in [7, 11) is -1.87. The van der Waals surface area contributed by atoms with Crippen LogP contribution in [0.1, 0.15) is 101 Å². The summed E-state index contributed by atoms with van der Waals surface area (Å²) in [5.41, 5.74) is 4.93. The molecule has 0 saturated heterocycles. The zero-order chi connectivity index (χ0) is 32.5. The second-order valence-electron chi connectivity index (χ2n) is 13.6. The molecule has 0 unspecified atom stereocenters. The second kappa shape index (κ2) is 13.3. The minimum Gasteiger partial charge on any atom is -0.408 e. The predicted molar refractivity (Wildman–Crippen MR) is 197 cm³/mol. The molecule has 0 spiro atoms. The van der Waals surface area contributed by atoms with Crippen LogP contribution in [0.15, 0.2) is 103 Å².